The predicted molar refractivity (Wildman–Crippen MR) is 43.1 cm³/mol. The van der Waals surface area contributed by atoms with E-state index in [0.717, 1.165) is 6.07 Å². The summed E-state index contributed by atoms with van der Waals surface area (Å²) in [6.45, 7) is 0. The van der Waals surface area contributed by atoms with E-state index < -0.39 is 33.0 Å². The van der Waals surface area contributed by atoms with Crippen molar-refractivity contribution in [3.8, 4) is 11.5 Å². The third-order valence-corrected chi connectivity index (χ3v) is 2.31. The van der Waals surface area contributed by atoms with Gasteiger partial charge in [0.25, 0.3) is 0 Å². The van der Waals surface area contributed by atoms with Crippen LogP contribution in [0.15, 0.2) is 23.1 Å². The molecule has 0 saturated heterocycles. The van der Waals surface area contributed by atoms with Crippen LogP contribution in [0.25, 0.3) is 0 Å². The Labute approximate surface area is 87.3 Å². The highest BCUT2D eigenvalue weighted by Crippen LogP contribution is 2.36. The molecule has 4 nitrogen and oxygen atoms in total. The van der Waals surface area contributed by atoms with Crippen molar-refractivity contribution in [2.24, 2.45) is 0 Å². The van der Waals surface area contributed by atoms with Gasteiger partial charge in [-0.3, -0.25) is 0 Å². The number of hydrogen-bond donors (Lipinski definition) is 1. The number of alkyl halides is 3. The van der Waals surface area contributed by atoms with Gasteiger partial charge < -0.3 is 9.84 Å². The molecule has 0 amide bonds. The van der Waals surface area contributed by atoms with Crippen molar-refractivity contribution in [3.63, 3.8) is 0 Å². The van der Waals surface area contributed by atoms with Gasteiger partial charge in [-0.15, -0.1) is 17.1 Å². The number of phenols is 1. The fraction of sp³-hybridized carbons (Fsp3) is 0.143. The van der Waals surface area contributed by atoms with E-state index in [4.69, 9.17) is 5.11 Å². The SMILES string of the molecule is O=S(=O)(F)c1cccc(OC(F)(F)F)c1O. The van der Waals surface area contributed by atoms with Crippen LogP contribution in [0.3, 0.4) is 0 Å². The second-order valence-corrected chi connectivity index (χ2v) is 3.90. The first-order chi connectivity index (χ1) is 7.11. The topological polar surface area (TPSA) is 63.6 Å². The van der Waals surface area contributed by atoms with Crippen molar-refractivity contribution >= 4 is 10.2 Å². The number of ether oxygens (including phenoxy) is 1. The monoisotopic (exact) mass is 260 g/mol. The maximum atomic E-state index is 12.5. The molecular weight excluding hydrogens is 256 g/mol. The molecule has 0 aliphatic heterocycles. The Morgan fingerprint density at radius 3 is 2.25 bits per heavy atom. The Hall–Kier alpha value is -1.51. The third-order valence-electron chi connectivity index (χ3n) is 1.45. The third kappa shape index (κ3) is 2.99. The van der Waals surface area contributed by atoms with E-state index in [1.807, 2.05) is 0 Å². The summed E-state index contributed by atoms with van der Waals surface area (Å²) in [5.74, 6) is -2.62. The molecule has 0 radical (unpaired) electrons. The van der Waals surface area contributed by atoms with Crippen molar-refractivity contribution in [1.29, 1.82) is 0 Å². The predicted octanol–water partition coefficient (Wildman–Crippen LogP) is 1.95. The summed E-state index contributed by atoms with van der Waals surface area (Å²) in [6.07, 6.45) is -5.11. The van der Waals surface area contributed by atoms with E-state index in [2.05, 4.69) is 4.74 Å². The first-order valence-electron chi connectivity index (χ1n) is 3.63. The zero-order chi connectivity index (χ0) is 12.6. The summed E-state index contributed by atoms with van der Waals surface area (Å²) in [4.78, 5) is -1.28. The lowest BCUT2D eigenvalue weighted by atomic mass is 10.3. The summed E-state index contributed by atoms with van der Waals surface area (Å²) >= 11 is 0. The second kappa shape index (κ2) is 3.81. The van der Waals surface area contributed by atoms with E-state index >= 15 is 0 Å². The van der Waals surface area contributed by atoms with Gasteiger partial charge in [0, 0.05) is 0 Å². The molecule has 0 fully saturated rings. The van der Waals surface area contributed by atoms with Gasteiger partial charge in [0.1, 0.15) is 4.90 Å². The smallest absolute Gasteiger partial charge is 0.503 e. The lowest BCUT2D eigenvalue weighted by Crippen LogP contribution is -2.17. The number of para-hydroxylation sites is 1. The van der Waals surface area contributed by atoms with Crippen molar-refractivity contribution in [3.05, 3.63) is 18.2 Å². The van der Waals surface area contributed by atoms with E-state index in [1.54, 1.807) is 0 Å². The maximum Gasteiger partial charge on any atom is 0.573 e. The van der Waals surface area contributed by atoms with Gasteiger partial charge in [0.05, 0.1) is 0 Å². The van der Waals surface area contributed by atoms with Crippen LogP contribution in [-0.2, 0) is 10.2 Å². The largest absolute Gasteiger partial charge is 0.573 e. The number of phenolic OH excluding ortho intramolecular Hbond substituents is 1. The molecule has 0 bridgehead atoms. The number of halogens is 4. The van der Waals surface area contributed by atoms with Crippen molar-refractivity contribution in [2.45, 2.75) is 11.3 Å². The molecule has 90 valence electrons. The maximum absolute atomic E-state index is 12.5. The summed E-state index contributed by atoms with van der Waals surface area (Å²) in [5, 5.41) is 9.04. The molecule has 1 rings (SSSR count). The van der Waals surface area contributed by atoms with Crippen LogP contribution in [0.5, 0.6) is 11.5 Å². The summed E-state index contributed by atoms with van der Waals surface area (Å²) < 4.78 is 71.9. The molecule has 0 spiro atoms. The van der Waals surface area contributed by atoms with E-state index in [-0.39, 0.29) is 0 Å². The van der Waals surface area contributed by atoms with E-state index in [1.165, 1.54) is 0 Å². The lowest BCUT2D eigenvalue weighted by molar-refractivity contribution is -0.275. The number of benzene rings is 1. The van der Waals surface area contributed by atoms with E-state index in [0.29, 0.717) is 12.1 Å². The average Bonchev–Trinajstić information content (AvgIpc) is 2.04. The van der Waals surface area contributed by atoms with Crippen molar-refractivity contribution < 1.29 is 35.3 Å². The average molecular weight is 260 g/mol. The minimum atomic E-state index is -5.31. The van der Waals surface area contributed by atoms with Crippen LogP contribution in [-0.4, -0.2) is 19.9 Å². The minimum absolute atomic E-state index is 0.605. The fourth-order valence-corrected chi connectivity index (χ4v) is 1.48. The van der Waals surface area contributed by atoms with Gasteiger partial charge in [-0.1, -0.05) is 6.07 Å². The van der Waals surface area contributed by atoms with Crippen LogP contribution in [0.1, 0.15) is 0 Å². The summed E-state index contributed by atoms with van der Waals surface area (Å²) in [5.41, 5.74) is 0. The molecule has 1 N–H and O–H groups in total. The molecule has 9 heteroatoms. The highest BCUT2D eigenvalue weighted by atomic mass is 32.3. The lowest BCUT2D eigenvalue weighted by Gasteiger charge is -2.11. The quantitative estimate of drug-likeness (QED) is 0.652. The van der Waals surface area contributed by atoms with Crippen LogP contribution < -0.4 is 4.74 Å². The van der Waals surface area contributed by atoms with Crippen LogP contribution in [0.2, 0.25) is 0 Å². The molecular formula is C7H4F4O4S. The molecule has 0 aliphatic carbocycles. The molecule has 0 heterocycles. The second-order valence-electron chi connectivity index (χ2n) is 2.59. The Kier molecular flexibility index (Phi) is 2.99. The van der Waals surface area contributed by atoms with Crippen molar-refractivity contribution in [2.75, 3.05) is 0 Å². The summed E-state index contributed by atoms with van der Waals surface area (Å²) in [7, 11) is -5.31. The zero-order valence-electron chi connectivity index (χ0n) is 7.32. The van der Waals surface area contributed by atoms with Gasteiger partial charge in [0.15, 0.2) is 11.5 Å². The minimum Gasteiger partial charge on any atom is -0.503 e. The summed E-state index contributed by atoms with van der Waals surface area (Å²) in [6, 6.07) is 2.05. The fourth-order valence-electron chi connectivity index (χ4n) is 0.906. The Bertz CT molecular complexity index is 494. The highest BCUT2D eigenvalue weighted by molar-refractivity contribution is 7.86. The zero-order valence-corrected chi connectivity index (χ0v) is 8.14. The van der Waals surface area contributed by atoms with Gasteiger partial charge >= 0.3 is 16.6 Å². The van der Waals surface area contributed by atoms with Gasteiger partial charge in [0.2, 0.25) is 0 Å². The standard InChI is InChI=1S/C7H4F4O4S/c8-7(9,10)15-4-2-1-3-5(6(4)12)16(11,13)14/h1-3,12H. The van der Waals surface area contributed by atoms with Crippen molar-refractivity contribution in [1.82, 2.24) is 0 Å². The van der Waals surface area contributed by atoms with E-state index in [9.17, 15) is 25.5 Å². The number of rotatable bonds is 2. The Morgan fingerprint density at radius 2 is 1.81 bits per heavy atom. The first-order valence-corrected chi connectivity index (χ1v) is 5.02. The number of aromatic hydroxyl groups is 1. The molecule has 0 aromatic heterocycles. The normalized spacial score (nSPS) is 12.5. The first kappa shape index (κ1) is 12.6. The highest BCUT2D eigenvalue weighted by Gasteiger charge is 2.33. The van der Waals surface area contributed by atoms with Crippen LogP contribution >= 0.6 is 0 Å². The van der Waals surface area contributed by atoms with Gasteiger partial charge in [-0.25, -0.2) is 0 Å². The van der Waals surface area contributed by atoms with Gasteiger partial charge in [-0.2, -0.15) is 8.42 Å². The molecule has 0 saturated carbocycles. The van der Waals surface area contributed by atoms with Crippen LogP contribution in [0, 0.1) is 0 Å². The molecule has 1 aromatic rings. The Balaban J connectivity index is 3.25. The molecule has 16 heavy (non-hydrogen) atoms. The Morgan fingerprint density at radius 1 is 1.25 bits per heavy atom. The van der Waals surface area contributed by atoms with Crippen LogP contribution in [0.4, 0.5) is 17.1 Å². The molecule has 0 unspecified atom stereocenters. The van der Waals surface area contributed by atoms with Gasteiger partial charge in [-0.05, 0) is 12.1 Å². The number of hydrogen-bond acceptors (Lipinski definition) is 4. The molecule has 1 aromatic carbocycles. The molecule has 0 atom stereocenters. The molecule has 0 aliphatic rings.